The zero-order chi connectivity index (χ0) is 22.7. The van der Waals surface area contributed by atoms with Gasteiger partial charge in [0.2, 0.25) is 5.91 Å². The third-order valence-corrected chi connectivity index (χ3v) is 5.42. The number of carbonyl (C=O) groups excluding carboxylic acids is 3. The zero-order valence-corrected chi connectivity index (χ0v) is 17.0. The second-order valence-corrected chi connectivity index (χ2v) is 7.49. The number of rotatable bonds is 3. The van der Waals surface area contributed by atoms with Gasteiger partial charge >= 0.3 is 0 Å². The first kappa shape index (κ1) is 21.5. The number of halogens is 2. The predicted molar refractivity (Wildman–Crippen MR) is 108 cm³/mol. The van der Waals surface area contributed by atoms with Crippen molar-refractivity contribution in [3.8, 4) is 11.5 Å². The van der Waals surface area contributed by atoms with Crippen LogP contribution in [0.2, 0.25) is 0 Å². The van der Waals surface area contributed by atoms with Gasteiger partial charge in [-0.25, -0.2) is 8.78 Å². The molecule has 0 aromatic heterocycles. The number of hydrogen-bond acceptors (Lipinski definition) is 5. The molecule has 2 aromatic carbocycles. The van der Waals surface area contributed by atoms with Gasteiger partial charge in [0.1, 0.15) is 24.8 Å². The first-order chi connectivity index (χ1) is 15.4. The minimum atomic E-state index is -0.920. The highest BCUT2D eigenvalue weighted by Crippen LogP contribution is 2.30. The summed E-state index contributed by atoms with van der Waals surface area (Å²) in [5.41, 5.74) is 4.88. The Kier molecular flexibility index (Phi) is 6.20. The summed E-state index contributed by atoms with van der Waals surface area (Å²) in [5, 5.41) is 0. The molecule has 32 heavy (non-hydrogen) atoms. The average molecular weight is 445 g/mol. The number of ether oxygens (including phenoxy) is 2. The summed E-state index contributed by atoms with van der Waals surface area (Å²) in [6.45, 7) is 1.31. The van der Waals surface area contributed by atoms with Crippen molar-refractivity contribution in [3.63, 3.8) is 0 Å². The van der Waals surface area contributed by atoms with Gasteiger partial charge in [-0.15, -0.1) is 0 Å². The average Bonchev–Trinajstić information content (AvgIpc) is 2.81. The van der Waals surface area contributed by atoms with Gasteiger partial charge in [-0.3, -0.25) is 25.2 Å². The smallest absolute Gasteiger partial charge is 0.269 e. The van der Waals surface area contributed by atoms with Crippen molar-refractivity contribution < 1.29 is 32.6 Å². The van der Waals surface area contributed by atoms with E-state index < -0.39 is 29.4 Å². The van der Waals surface area contributed by atoms with Gasteiger partial charge in [0, 0.05) is 30.6 Å². The molecule has 8 nitrogen and oxygen atoms in total. The lowest BCUT2D eigenvalue weighted by molar-refractivity contribution is -0.127. The van der Waals surface area contributed by atoms with Gasteiger partial charge in [0.05, 0.1) is 5.56 Å². The molecule has 0 radical (unpaired) electrons. The van der Waals surface area contributed by atoms with Crippen LogP contribution in [0.3, 0.4) is 0 Å². The second-order valence-electron chi connectivity index (χ2n) is 7.49. The fourth-order valence-electron chi connectivity index (χ4n) is 3.66. The highest BCUT2D eigenvalue weighted by atomic mass is 19.1. The van der Waals surface area contributed by atoms with Crippen LogP contribution in [-0.2, 0) is 4.79 Å². The maximum atomic E-state index is 13.9. The van der Waals surface area contributed by atoms with Crippen molar-refractivity contribution in [1.29, 1.82) is 0 Å². The molecule has 2 heterocycles. The summed E-state index contributed by atoms with van der Waals surface area (Å²) in [4.78, 5) is 38.7. The normalized spacial score (nSPS) is 15.8. The topological polar surface area (TPSA) is 97.0 Å². The van der Waals surface area contributed by atoms with Crippen LogP contribution < -0.4 is 20.3 Å². The van der Waals surface area contributed by atoms with E-state index in [0.717, 1.165) is 12.1 Å². The summed E-state index contributed by atoms with van der Waals surface area (Å²) in [5.74, 6) is -2.51. The van der Waals surface area contributed by atoms with Gasteiger partial charge in [0.15, 0.2) is 11.5 Å². The van der Waals surface area contributed by atoms with E-state index in [1.807, 2.05) is 0 Å². The molecule has 2 N–H and O–H groups in total. The number of likely N-dealkylation sites (tertiary alicyclic amines) is 1. The number of hydrazine groups is 1. The summed E-state index contributed by atoms with van der Waals surface area (Å²) < 4.78 is 37.8. The van der Waals surface area contributed by atoms with Crippen molar-refractivity contribution in [2.45, 2.75) is 12.8 Å². The number of nitrogens with one attached hydrogen (secondary N) is 2. The van der Waals surface area contributed by atoms with Crippen molar-refractivity contribution in [2.75, 3.05) is 26.3 Å². The minimum Gasteiger partial charge on any atom is -0.486 e. The molecular formula is C22H21F2N3O5. The second kappa shape index (κ2) is 9.21. The largest absolute Gasteiger partial charge is 0.486 e. The molecule has 168 valence electrons. The molecule has 0 saturated carbocycles. The van der Waals surface area contributed by atoms with E-state index in [1.165, 1.54) is 11.0 Å². The number of carbonyl (C=O) groups is 3. The van der Waals surface area contributed by atoms with Gasteiger partial charge in [-0.1, -0.05) is 0 Å². The molecule has 4 rings (SSSR count). The van der Waals surface area contributed by atoms with Crippen LogP contribution in [0, 0.1) is 17.6 Å². The SMILES string of the molecule is O=C(NNC(=O)C1CCN(C(=O)c2ccc(F)cc2F)CC1)c1ccc2c(c1)OCCO2. The fourth-order valence-corrected chi connectivity index (χ4v) is 3.66. The number of fused-ring (bicyclic) bond motifs is 1. The maximum Gasteiger partial charge on any atom is 0.269 e. The molecule has 2 aromatic rings. The molecule has 0 unspecified atom stereocenters. The number of nitrogens with zero attached hydrogens (tertiary/aromatic N) is 1. The molecule has 0 bridgehead atoms. The van der Waals surface area contributed by atoms with E-state index in [1.54, 1.807) is 12.1 Å². The molecule has 2 aliphatic heterocycles. The first-order valence-corrected chi connectivity index (χ1v) is 10.2. The zero-order valence-electron chi connectivity index (χ0n) is 17.0. The Balaban J connectivity index is 1.27. The van der Waals surface area contributed by atoms with Gasteiger partial charge < -0.3 is 14.4 Å². The van der Waals surface area contributed by atoms with Crippen molar-refractivity contribution in [3.05, 3.63) is 59.2 Å². The Hall–Kier alpha value is -3.69. The molecule has 1 fully saturated rings. The predicted octanol–water partition coefficient (Wildman–Crippen LogP) is 2.05. The lowest BCUT2D eigenvalue weighted by Crippen LogP contribution is -2.48. The van der Waals surface area contributed by atoms with E-state index in [2.05, 4.69) is 10.9 Å². The number of amides is 3. The lowest BCUT2D eigenvalue weighted by Gasteiger charge is -2.31. The quantitative estimate of drug-likeness (QED) is 0.705. The number of piperidine rings is 1. The summed E-state index contributed by atoms with van der Waals surface area (Å²) in [6.07, 6.45) is 0.695. The van der Waals surface area contributed by atoms with E-state index in [-0.39, 0.29) is 24.6 Å². The van der Waals surface area contributed by atoms with Crippen LogP contribution in [0.1, 0.15) is 33.6 Å². The molecule has 2 aliphatic rings. The van der Waals surface area contributed by atoms with Crippen molar-refractivity contribution in [2.24, 2.45) is 5.92 Å². The Labute approximate surface area is 182 Å². The standard InChI is InChI=1S/C22H21F2N3O5/c23-15-2-3-16(17(24)12-15)22(30)27-7-5-13(6-8-27)20(28)25-26-21(29)14-1-4-18-19(11-14)32-10-9-31-18/h1-4,11-13H,5-10H2,(H,25,28)(H,26,29). The molecule has 10 heteroatoms. The van der Waals surface area contributed by atoms with Crippen LogP contribution in [0.5, 0.6) is 11.5 Å². The van der Waals surface area contributed by atoms with Gasteiger partial charge in [-0.05, 0) is 43.2 Å². The van der Waals surface area contributed by atoms with Crippen LogP contribution in [0.15, 0.2) is 36.4 Å². The van der Waals surface area contributed by atoms with E-state index in [4.69, 9.17) is 9.47 Å². The number of hydrogen-bond donors (Lipinski definition) is 2. The van der Waals surface area contributed by atoms with Crippen LogP contribution >= 0.6 is 0 Å². The Bertz CT molecular complexity index is 1050. The summed E-state index contributed by atoms with van der Waals surface area (Å²) in [7, 11) is 0. The monoisotopic (exact) mass is 445 g/mol. The van der Waals surface area contributed by atoms with Crippen LogP contribution in [0.25, 0.3) is 0 Å². The maximum absolute atomic E-state index is 13.9. The Morgan fingerprint density at radius 2 is 1.62 bits per heavy atom. The highest BCUT2D eigenvalue weighted by Gasteiger charge is 2.29. The van der Waals surface area contributed by atoms with Gasteiger partial charge in [0.25, 0.3) is 11.8 Å². The van der Waals surface area contributed by atoms with Crippen LogP contribution in [-0.4, -0.2) is 48.9 Å². The Morgan fingerprint density at radius 1 is 0.906 bits per heavy atom. The first-order valence-electron chi connectivity index (χ1n) is 10.2. The third kappa shape index (κ3) is 4.63. The Morgan fingerprint density at radius 3 is 2.34 bits per heavy atom. The minimum absolute atomic E-state index is 0.207. The highest BCUT2D eigenvalue weighted by molar-refractivity contribution is 5.96. The van der Waals surface area contributed by atoms with Crippen molar-refractivity contribution in [1.82, 2.24) is 15.8 Å². The third-order valence-electron chi connectivity index (χ3n) is 5.42. The lowest BCUT2D eigenvalue weighted by atomic mass is 9.95. The molecule has 0 spiro atoms. The summed E-state index contributed by atoms with van der Waals surface area (Å²) >= 11 is 0. The van der Waals surface area contributed by atoms with E-state index in [9.17, 15) is 23.2 Å². The molecule has 0 aliphatic carbocycles. The molecule has 1 saturated heterocycles. The van der Waals surface area contributed by atoms with Crippen LogP contribution in [0.4, 0.5) is 8.78 Å². The fraction of sp³-hybridized carbons (Fsp3) is 0.318. The van der Waals surface area contributed by atoms with Gasteiger partial charge in [-0.2, -0.15) is 0 Å². The number of benzene rings is 2. The van der Waals surface area contributed by atoms with E-state index >= 15 is 0 Å². The molecule has 0 atom stereocenters. The summed E-state index contributed by atoms with van der Waals surface area (Å²) in [6, 6.07) is 7.53. The van der Waals surface area contributed by atoms with Crippen molar-refractivity contribution >= 4 is 17.7 Å². The van der Waals surface area contributed by atoms with E-state index in [0.29, 0.717) is 49.2 Å². The molecular weight excluding hydrogens is 424 g/mol. The molecule has 3 amide bonds.